The normalized spacial score (nSPS) is 24.4. The van der Waals surface area contributed by atoms with Crippen molar-refractivity contribution < 1.29 is 0 Å². The summed E-state index contributed by atoms with van der Waals surface area (Å²) >= 11 is 0. The molecule has 0 aromatic carbocycles. The first-order valence-corrected chi connectivity index (χ1v) is 6.22. The molecule has 1 heterocycles. The van der Waals surface area contributed by atoms with Gasteiger partial charge in [0.15, 0.2) is 0 Å². The smallest absolute Gasteiger partial charge is 0.0232 e. The van der Waals surface area contributed by atoms with E-state index in [-0.39, 0.29) is 0 Å². The molecule has 0 radical (unpaired) electrons. The van der Waals surface area contributed by atoms with E-state index in [4.69, 9.17) is 0 Å². The molecule has 2 nitrogen and oxygen atoms in total. The van der Waals surface area contributed by atoms with E-state index < -0.39 is 0 Å². The van der Waals surface area contributed by atoms with Gasteiger partial charge >= 0.3 is 0 Å². The number of hydrogen-bond acceptors (Lipinski definition) is 2. The van der Waals surface area contributed by atoms with E-state index in [9.17, 15) is 0 Å². The van der Waals surface area contributed by atoms with Gasteiger partial charge in [0.05, 0.1) is 0 Å². The van der Waals surface area contributed by atoms with Crippen molar-refractivity contribution in [2.45, 2.75) is 46.1 Å². The Morgan fingerprint density at radius 3 is 2.71 bits per heavy atom. The zero-order valence-electron chi connectivity index (χ0n) is 10.1. The van der Waals surface area contributed by atoms with E-state index in [0.717, 1.165) is 12.0 Å². The second kappa shape index (κ2) is 6.41. The van der Waals surface area contributed by atoms with Crippen LogP contribution in [0.25, 0.3) is 0 Å². The van der Waals surface area contributed by atoms with Crippen LogP contribution in [0.2, 0.25) is 0 Å². The third-order valence-corrected chi connectivity index (χ3v) is 3.30. The number of nitrogens with one attached hydrogen (secondary N) is 1. The minimum absolute atomic E-state index is 0.809. The molecule has 1 aliphatic rings. The van der Waals surface area contributed by atoms with Gasteiger partial charge in [0, 0.05) is 19.1 Å². The van der Waals surface area contributed by atoms with Gasteiger partial charge in [-0.1, -0.05) is 27.2 Å². The minimum Gasteiger partial charge on any atom is -0.315 e. The summed E-state index contributed by atoms with van der Waals surface area (Å²) in [5.74, 6) is 0.849. The van der Waals surface area contributed by atoms with Crippen molar-refractivity contribution in [1.29, 1.82) is 0 Å². The second-order valence-corrected chi connectivity index (χ2v) is 4.65. The van der Waals surface area contributed by atoms with Crippen molar-refractivity contribution in [1.82, 2.24) is 10.2 Å². The van der Waals surface area contributed by atoms with Gasteiger partial charge < -0.3 is 5.32 Å². The molecule has 0 amide bonds. The molecule has 2 heteroatoms. The maximum absolute atomic E-state index is 3.46. The van der Waals surface area contributed by atoms with Crippen LogP contribution in [0, 0.1) is 5.92 Å². The molecule has 14 heavy (non-hydrogen) atoms. The SMILES string of the molecule is CCCN(CC(C)CC)C1CCNC1. The van der Waals surface area contributed by atoms with Gasteiger partial charge in [-0.2, -0.15) is 0 Å². The van der Waals surface area contributed by atoms with Crippen LogP contribution in [-0.2, 0) is 0 Å². The van der Waals surface area contributed by atoms with Crippen LogP contribution in [0.15, 0.2) is 0 Å². The highest BCUT2D eigenvalue weighted by atomic mass is 15.2. The summed E-state index contributed by atoms with van der Waals surface area (Å²) in [6.45, 7) is 11.9. The van der Waals surface area contributed by atoms with Crippen LogP contribution in [0.1, 0.15) is 40.0 Å². The fraction of sp³-hybridized carbons (Fsp3) is 1.00. The molecule has 2 unspecified atom stereocenters. The summed E-state index contributed by atoms with van der Waals surface area (Å²) in [6, 6.07) is 0.809. The van der Waals surface area contributed by atoms with Gasteiger partial charge in [-0.15, -0.1) is 0 Å². The van der Waals surface area contributed by atoms with Crippen molar-refractivity contribution in [3.63, 3.8) is 0 Å². The van der Waals surface area contributed by atoms with Crippen LogP contribution >= 0.6 is 0 Å². The first kappa shape index (κ1) is 12.0. The lowest BCUT2D eigenvalue weighted by Gasteiger charge is -2.30. The molecule has 0 spiro atoms. The summed E-state index contributed by atoms with van der Waals surface area (Å²) in [5.41, 5.74) is 0. The van der Waals surface area contributed by atoms with E-state index >= 15 is 0 Å². The predicted octanol–water partition coefficient (Wildman–Crippen LogP) is 2.11. The molecule has 1 saturated heterocycles. The molecule has 0 aromatic heterocycles. The van der Waals surface area contributed by atoms with Crippen LogP contribution in [0.4, 0.5) is 0 Å². The Bertz CT molecular complexity index is 141. The molecule has 84 valence electrons. The lowest BCUT2D eigenvalue weighted by atomic mass is 10.1. The monoisotopic (exact) mass is 198 g/mol. The maximum Gasteiger partial charge on any atom is 0.0232 e. The van der Waals surface area contributed by atoms with Crippen LogP contribution in [0.3, 0.4) is 0 Å². The van der Waals surface area contributed by atoms with Crippen molar-refractivity contribution in [3.8, 4) is 0 Å². The minimum atomic E-state index is 0.809. The van der Waals surface area contributed by atoms with Crippen molar-refractivity contribution in [2.24, 2.45) is 5.92 Å². The van der Waals surface area contributed by atoms with Gasteiger partial charge in [-0.3, -0.25) is 4.90 Å². The van der Waals surface area contributed by atoms with E-state index in [1.807, 2.05) is 0 Å². The van der Waals surface area contributed by atoms with Gasteiger partial charge in [-0.05, 0) is 31.8 Å². The molecule has 0 aliphatic carbocycles. The Morgan fingerprint density at radius 1 is 1.43 bits per heavy atom. The average molecular weight is 198 g/mol. The van der Waals surface area contributed by atoms with E-state index in [2.05, 4.69) is 31.0 Å². The van der Waals surface area contributed by atoms with Gasteiger partial charge in [-0.25, -0.2) is 0 Å². The van der Waals surface area contributed by atoms with Crippen molar-refractivity contribution >= 4 is 0 Å². The highest BCUT2D eigenvalue weighted by Gasteiger charge is 2.22. The highest BCUT2D eigenvalue weighted by molar-refractivity contribution is 4.81. The Balaban J connectivity index is 2.36. The third kappa shape index (κ3) is 3.58. The van der Waals surface area contributed by atoms with Gasteiger partial charge in [0.25, 0.3) is 0 Å². The Morgan fingerprint density at radius 2 is 2.21 bits per heavy atom. The van der Waals surface area contributed by atoms with Crippen LogP contribution < -0.4 is 5.32 Å². The average Bonchev–Trinajstić information content (AvgIpc) is 2.69. The topological polar surface area (TPSA) is 15.3 Å². The molecule has 1 rings (SSSR count). The van der Waals surface area contributed by atoms with Crippen molar-refractivity contribution in [3.05, 3.63) is 0 Å². The standard InChI is InChI=1S/C12H26N2/c1-4-8-14(10-11(3)5-2)12-6-7-13-9-12/h11-13H,4-10H2,1-3H3. The lowest BCUT2D eigenvalue weighted by Crippen LogP contribution is -2.40. The zero-order valence-corrected chi connectivity index (χ0v) is 10.1. The quantitative estimate of drug-likeness (QED) is 0.703. The van der Waals surface area contributed by atoms with E-state index in [1.165, 1.54) is 45.4 Å². The Kier molecular flexibility index (Phi) is 5.49. The molecular weight excluding hydrogens is 172 g/mol. The molecule has 0 saturated carbocycles. The van der Waals surface area contributed by atoms with Gasteiger partial charge in [0.1, 0.15) is 0 Å². The largest absolute Gasteiger partial charge is 0.315 e. The number of hydrogen-bond donors (Lipinski definition) is 1. The zero-order chi connectivity index (χ0) is 10.4. The second-order valence-electron chi connectivity index (χ2n) is 4.65. The predicted molar refractivity (Wildman–Crippen MR) is 62.6 cm³/mol. The Hall–Kier alpha value is -0.0800. The molecule has 0 bridgehead atoms. The summed E-state index contributed by atoms with van der Waals surface area (Å²) in [6.07, 6.45) is 3.93. The fourth-order valence-electron chi connectivity index (χ4n) is 2.19. The summed E-state index contributed by atoms with van der Waals surface area (Å²) in [5, 5.41) is 3.46. The molecule has 1 N–H and O–H groups in total. The first-order chi connectivity index (χ1) is 6.77. The van der Waals surface area contributed by atoms with Gasteiger partial charge in [0.2, 0.25) is 0 Å². The molecule has 1 aliphatic heterocycles. The highest BCUT2D eigenvalue weighted by Crippen LogP contribution is 2.13. The number of rotatable bonds is 6. The molecule has 2 atom stereocenters. The Labute approximate surface area is 89.1 Å². The fourth-order valence-corrected chi connectivity index (χ4v) is 2.19. The van der Waals surface area contributed by atoms with E-state index in [0.29, 0.717) is 0 Å². The first-order valence-electron chi connectivity index (χ1n) is 6.22. The summed E-state index contributed by atoms with van der Waals surface area (Å²) in [4.78, 5) is 2.69. The van der Waals surface area contributed by atoms with E-state index in [1.54, 1.807) is 0 Å². The summed E-state index contributed by atoms with van der Waals surface area (Å²) < 4.78 is 0. The number of nitrogens with zero attached hydrogens (tertiary/aromatic N) is 1. The third-order valence-electron chi connectivity index (χ3n) is 3.30. The summed E-state index contributed by atoms with van der Waals surface area (Å²) in [7, 11) is 0. The molecule has 1 fully saturated rings. The van der Waals surface area contributed by atoms with Crippen LogP contribution in [-0.4, -0.2) is 37.1 Å². The van der Waals surface area contributed by atoms with Crippen molar-refractivity contribution in [2.75, 3.05) is 26.2 Å². The molecule has 0 aromatic rings. The molecular formula is C12H26N2. The maximum atomic E-state index is 3.46. The lowest BCUT2D eigenvalue weighted by molar-refractivity contribution is 0.179. The van der Waals surface area contributed by atoms with Crippen LogP contribution in [0.5, 0.6) is 0 Å².